The summed E-state index contributed by atoms with van der Waals surface area (Å²) in [7, 11) is 2.97. The fraction of sp³-hybridized carbons (Fsp3) is 0.174. The fourth-order valence-corrected chi connectivity index (χ4v) is 3.23. The third kappa shape index (κ3) is 3.69. The molecule has 0 amide bonds. The van der Waals surface area contributed by atoms with Gasteiger partial charge in [0.1, 0.15) is 11.5 Å². The molecule has 4 rings (SSSR count). The third-order valence-corrected chi connectivity index (χ3v) is 4.85. The predicted molar refractivity (Wildman–Crippen MR) is 112 cm³/mol. The highest BCUT2D eigenvalue weighted by atomic mass is 16.5. The van der Waals surface area contributed by atoms with E-state index >= 15 is 0 Å². The lowest BCUT2D eigenvalue weighted by molar-refractivity contribution is 0.0592. The normalized spacial score (nSPS) is 10.8. The number of aromatic nitrogens is 3. The zero-order chi connectivity index (χ0) is 21.1. The SMILES string of the molecule is COC(=O)c1nccc(Oc2nc3ccccc3n2Cc2ccc(OC)cc2)c1C. The number of imidazole rings is 1. The summed E-state index contributed by atoms with van der Waals surface area (Å²) < 4.78 is 18.2. The standard InChI is InChI=1S/C23H21N3O4/c1-15-20(12-13-24-21(15)22(27)29-3)30-23-25-18-6-4-5-7-19(18)26(23)14-16-8-10-17(28-2)11-9-16/h4-13H,14H2,1-3H3. The Kier molecular flexibility index (Phi) is 5.34. The van der Waals surface area contributed by atoms with Crippen LogP contribution in [0.2, 0.25) is 0 Å². The summed E-state index contributed by atoms with van der Waals surface area (Å²) in [5.41, 5.74) is 3.65. The van der Waals surface area contributed by atoms with Crippen molar-refractivity contribution in [3.05, 3.63) is 77.6 Å². The molecular formula is C23H21N3O4. The maximum Gasteiger partial charge on any atom is 0.357 e. The Morgan fingerprint density at radius 3 is 2.53 bits per heavy atom. The molecule has 0 unspecified atom stereocenters. The van der Waals surface area contributed by atoms with Crippen LogP contribution in [0.5, 0.6) is 17.5 Å². The Morgan fingerprint density at radius 2 is 1.80 bits per heavy atom. The van der Waals surface area contributed by atoms with Gasteiger partial charge in [0.25, 0.3) is 0 Å². The van der Waals surface area contributed by atoms with Crippen LogP contribution in [0.1, 0.15) is 21.6 Å². The molecule has 2 aromatic heterocycles. The van der Waals surface area contributed by atoms with Crippen molar-refractivity contribution < 1.29 is 19.0 Å². The zero-order valence-corrected chi connectivity index (χ0v) is 17.0. The lowest BCUT2D eigenvalue weighted by Crippen LogP contribution is -2.08. The first-order valence-corrected chi connectivity index (χ1v) is 9.40. The molecule has 2 aromatic carbocycles. The molecule has 0 aliphatic heterocycles. The van der Waals surface area contributed by atoms with E-state index in [-0.39, 0.29) is 5.69 Å². The van der Waals surface area contributed by atoms with Gasteiger partial charge in [0.05, 0.1) is 31.8 Å². The summed E-state index contributed by atoms with van der Waals surface area (Å²) in [5.74, 6) is 0.787. The smallest absolute Gasteiger partial charge is 0.357 e. The van der Waals surface area contributed by atoms with Gasteiger partial charge in [-0.2, -0.15) is 4.98 Å². The van der Waals surface area contributed by atoms with Crippen LogP contribution in [-0.4, -0.2) is 34.7 Å². The van der Waals surface area contributed by atoms with E-state index in [9.17, 15) is 4.79 Å². The number of fused-ring (bicyclic) bond motifs is 1. The molecule has 0 N–H and O–H groups in total. The van der Waals surface area contributed by atoms with Crippen LogP contribution >= 0.6 is 0 Å². The quantitative estimate of drug-likeness (QED) is 0.445. The lowest BCUT2D eigenvalue weighted by atomic mass is 10.2. The van der Waals surface area contributed by atoms with Gasteiger partial charge in [0, 0.05) is 11.8 Å². The van der Waals surface area contributed by atoms with Gasteiger partial charge in [-0.3, -0.25) is 4.57 Å². The molecule has 0 saturated carbocycles. The van der Waals surface area contributed by atoms with Gasteiger partial charge in [-0.25, -0.2) is 9.78 Å². The fourth-order valence-electron chi connectivity index (χ4n) is 3.23. The molecule has 0 aliphatic rings. The average Bonchev–Trinajstić information content (AvgIpc) is 3.12. The largest absolute Gasteiger partial charge is 0.497 e. The van der Waals surface area contributed by atoms with Gasteiger partial charge < -0.3 is 14.2 Å². The number of para-hydroxylation sites is 2. The Balaban J connectivity index is 1.74. The van der Waals surface area contributed by atoms with E-state index in [0.29, 0.717) is 23.9 Å². The molecule has 7 nitrogen and oxygen atoms in total. The van der Waals surface area contributed by atoms with Crippen molar-refractivity contribution in [1.29, 1.82) is 0 Å². The minimum Gasteiger partial charge on any atom is -0.497 e. The molecular weight excluding hydrogens is 382 g/mol. The van der Waals surface area contributed by atoms with Crippen molar-refractivity contribution in [3.8, 4) is 17.5 Å². The van der Waals surface area contributed by atoms with Crippen molar-refractivity contribution in [3.63, 3.8) is 0 Å². The first-order chi connectivity index (χ1) is 14.6. The molecule has 4 aromatic rings. The Bertz CT molecular complexity index is 1200. The van der Waals surface area contributed by atoms with E-state index < -0.39 is 5.97 Å². The minimum atomic E-state index is -0.510. The molecule has 0 aliphatic carbocycles. The van der Waals surface area contributed by atoms with Crippen LogP contribution in [0.3, 0.4) is 0 Å². The van der Waals surface area contributed by atoms with Gasteiger partial charge in [0.15, 0.2) is 5.69 Å². The first kappa shape index (κ1) is 19.4. The van der Waals surface area contributed by atoms with Crippen molar-refractivity contribution >= 4 is 17.0 Å². The van der Waals surface area contributed by atoms with Gasteiger partial charge >= 0.3 is 12.0 Å². The highest BCUT2D eigenvalue weighted by molar-refractivity contribution is 5.89. The molecule has 30 heavy (non-hydrogen) atoms. The third-order valence-electron chi connectivity index (χ3n) is 4.85. The van der Waals surface area contributed by atoms with Gasteiger partial charge in [-0.05, 0) is 42.8 Å². The number of rotatable bonds is 6. The van der Waals surface area contributed by atoms with Gasteiger partial charge in [-0.15, -0.1) is 0 Å². The van der Waals surface area contributed by atoms with Crippen molar-refractivity contribution in [2.75, 3.05) is 14.2 Å². The molecule has 2 heterocycles. The van der Waals surface area contributed by atoms with E-state index in [1.165, 1.54) is 13.3 Å². The van der Waals surface area contributed by atoms with Gasteiger partial charge in [0.2, 0.25) is 0 Å². The van der Waals surface area contributed by atoms with E-state index in [4.69, 9.17) is 14.2 Å². The highest BCUT2D eigenvalue weighted by Gasteiger charge is 2.18. The first-order valence-electron chi connectivity index (χ1n) is 9.40. The number of hydrogen-bond donors (Lipinski definition) is 0. The molecule has 0 fully saturated rings. The molecule has 0 bridgehead atoms. The summed E-state index contributed by atoms with van der Waals surface area (Å²) in [6.07, 6.45) is 1.52. The maximum atomic E-state index is 12.0. The van der Waals surface area contributed by atoms with Crippen LogP contribution in [0.15, 0.2) is 60.8 Å². The Hall–Kier alpha value is -3.87. The van der Waals surface area contributed by atoms with Crippen LogP contribution in [0, 0.1) is 6.92 Å². The van der Waals surface area contributed by atoms with Crippen LogP contribution in [-0.2, 0) is 11.3 Å². The summed E-state index contributed by atoms with van der Waals surface area (Å²) in [6.45, 7) is 2.33. The monoisotopic (exact) mass is 403 g/mol. The second-order valence-corrected chi connectivity index (χ2v) is 6.69. The summed E-state index contributed by atoms with van der Waals surface area (Å²) in [4.78, 5) is 20.7. The molecule has 0 atom stereocenters. The number of esters is 1. The predicted octanol–water partition coefficient (Wildman–Crippen LogP) is 4.38. The minimum absolute atomic E-state index is 0.216. The Morgan fingerprint density at radius 1 is 1.03 bits per heavy atom. The number of ether oxygens (including phenoxy) is 3. The van der Waals surface area contributed by atoms with E-state index in [2.05, 4.69) is 9.97 Å². The van der Waals surface area contributed by atoms with E-state index in [0.717, 1.165) is 22.3 Å². The van der Waals surface area contributed by atoms with Crippen LogP contribution in [0.25, 0.3) is 11.0 Å². The van der Waals surface area contributed by atoms with E-state index in [1.807, 2.05) is 53.1 Å². The number of carbonyl (C=O) groups excluding carboxylic acids is 1. The molecule has 0 radical (unpaired) electrons. The zero-order valence-electron chi connectivity index (χ0n) is 17.0. The summed E-state index contributed by atoms with van der Waals surface area (Å²) in [6, 6.07) is 17.8. The maximum absolute atomic E-state index is 12.0. The molecule has 0 saturated heterocycles. The van der Waals surface area contributed by atoms with E-state index in [1.54, 1.807) is 20.1 Å². The number of carbonyl (C=O) groups is 1. The molecule has 7 heteroatoms. The lowest BCUT2D eigenvalue weighted by Gasteiger charge is -2.13. The second-order valence-electron chi connectivity index (χ2n) is 6.69. The molecule has 152 valence electrons. The number of hydrogen-bond acceptors (Lipinski definition) is 6. The topological polar surface area (TPSA) is 75.5 Å². The summed E-state index contributed by atoms with van der Waals surface area (Å²) >= 11 is 0. The van der Waals surface area contributed by atoms with Gasteiger partial charge in [-0.1, -0.05) is 24.3 Å². The van der Waals surface area contributed by atoms with Crippen LogP contribution < -0.4 is 9.47 Å². The number of pyridine rings is 1. The van der Waals surface area contributed by atoms with Crippen molar-refractivity contribution in [2.24, 2.45) is 0 Å². The van der Waals surface area contributed by atoms with Crippen LogP contribution in [0.4, 0.5) is 0 Å². The van der Waals surface area contributed by atoms with Crippen molar-refractivity contribution in [2.45, 2.75) is 13.5 Å². The van der Waals surface area contributed by atoms with Crippen molar-refractivity contribution in [1.82, 2.24) is 14.5 Å². The summed E-state index contributed by atoms with van der Waals surface area (Å²) in [5, 5.41) is 0. The molecule has 0 spiro atoms. The Labute approximate surface area is 173 Å². The highest BCUT2D eigenvalue weighted by Crippen LogP contribution is 2.30. The number of methoxy groups -OCH3 is 2. The second kappa shape index (κ2) is 8.24. The number of benzene rings is 2. The number of nitrogens with zero attached hydrogens (tertiary/aromatic N) is 3. The average molecular weight is 403 g/mol.